The first-order valence-electron chi connectivity index (χ1n) is 1.99. The van der Waals surface area contributed by atoms with Gasteiger partial charge in [-0.1, -0.05) is 0 Å². The topological polar surface area (TPSA) is 61.5 Å². The minimum atomic E-state index is -0.611. The van der Waals surface area contributed by atoms with Crippen molar-refractivity contribution in [1.82, 2.24) is 5.43 Å². The summed E-state index contributed by atoms with van der Waals surface area (Å²) in [5.74, 6) is 0.735. The molecule has 0 aromatic rings. The Labute approximate surface area is 55.6 Å². The van der Waals surface area contributed by atoms with Crippen LogP contribution in [0.2, 0.25) is 0 Å². The second-order valence-corrected chi connectivity index (χ2v) is 1.61. The molecule has 1 heterocycles. The van der Waals surface area contributed by atoms with Crippen LogP contribution in [-0.4, -0.2) is 16.0 Å². The average molecular weight is 143 g/mol. The van der Waals surface area contributed by atoms with Crippen molar-refractivity contribution in [2.24, 2.45) is 5.22 Å². The molecule has 5 nitrogen and oxygen atoms in total. The van der Waals surface area contributed by atoms with Crippen LogP contribution in [-0.2, 0) is 22.4 Å². The number of amides is 1. The Morgan fingerprint density at radius 3 is 2.67 bits per heavy atom. The third kappa shape index (κ3) is 0.802. The molecule has 0 bridgehead atoms. The van der Waals surface area contributed by atoms with Gasteiger partial charge in [0.25, 0.3) is 0 Å². The predicted octanol–water partition coefficient (Wildman–Crippen LogP) is -1.33. The lowest BCUT2D eigenvalue weighted by Crippen LogP contribution is -2.13. The normalized spacial score (nSPS) is 16.7. The fourth-order valence-electron chi connectivity index (χ4n) is 0.366. The molecule has 1 rings (SSSR count). The number of carbonyl (C=O) groups excluding carboxylic acids is 2. The van der Waals surface area contributed by atoms with Crippen LogP contribution < -0.4 is 5.43 Å². The van der Waals surface area contributed by atoms with Crippen LogP contribution in [0.4, 0.5) is 0 Å². The first-order chi connectivity index (χ1) is 4.25. The number of nitrogens with one attached hydrogen (secondary N) is 1. The zero-order valence-corrected chi connectivity index (χ0v) is 4.94. The Balaban J connectivity index is 3.08. The lowest BCUT2D eigenvalue weighted by molar-refractivity contribution is -0.351. The molecule has 0 aromatic heterocycles. The first-order valence-corrected chi connectivity index (χ1v) is 2.35. The van der Waals surface area contributed by atoms with Crippen molar-refractivity contribution in [2.45, 2.75) is 0 Å². The van der Waals surface area contributed by atoms with Crippen LogP contribution >= 0.6 is 0 Å². The molecule has 0 fully saturated rings. The summed E-state index contributed by atoms with van der Waals surface area (Å²) in [7, 11) is 0. The van der Waals surface area contributed by atoms with Crippen molar-refractivity contribution < 1.29 is 13.7 Å². The van der Waals surface area contributed by atoms with Crippen LogP contribution in [0, 0.1) is 0 Å². The highest BCUT2D eigenvalue weighted by atomic mass is 32.1. The van der Waals surface area contributed by atoms with Crippen LogP contribution in [0.1, 0.15) is 0 Å². The molecule has 9 heavy (non-hydrogen) atoms. The van der Waals surface area contributed by atoms with Gasteiger partial charge in [0.1, 0.15) is 0 Å². The summed E-state index contributed by atoms with van der Waals surface area (Å²) in [6.07, 6.45) is 0. The Hall–Kier alpha value is -1.26. The third-order valence-electron chi connectivity index (χ3n) is 0.745. The van der Waals surface area contributed by atoms with Gasteiger partial charge in [-0.25, -0.2) is 13.7 Å². The van der Waals surface area contributed by atoms with Gasteiger partial charge in [0.15, 0.2) is 5.94 Å². The van der Waals surface area contributed by atoms with E-state index in [1.165, 1.54) is 5.94 Å². The molecule has 0 radical (unpaired) electrons. The molecule has 1 N–H and O–H groups in total. The molecule has 0 saturated heterocycles. The van der Waals surface area contributed by atoms with Crippen molar-refractivity contribution in [2.75, 3.05) is 0 Å². The van der Waals surface area contributed by atoms with Crippen molar-refractivity contribution in [3.05, 3.63) is 5.70 Å². The van der Waals surface area contributed by atoms with Crippen molar-refractivity contribution in [1.29, 1.82) is 0 Å². The Bertz CT molecular complexity index is 239. The van der Waals surface area contributed by atoms with Crippen molar-refractivity contribution in [3.8, 4) is 0 Å². The number of nitrogens with zero attached hydrogens (tertiary/aromatic N) is 2. The summed E-state index contributed by atoms with van der Waals surface area (Å²) in [6.45, 7) is 0. The monoisotopic (exact) mass is 143 g/mol. The minimum absolute atomic E-state index is 0.273. The standard InChI is InChI=1S/C3HN3O2S/c7-1-2-3(8)4-5-6(2)9/h(H,4,8). The smallest absolute Gasteiger partial charge is 0.410 e. The fraction of sp³-hybridized carbons (Fsp3) is 0. The molecule has 1 amide bonds. The maximum absolute atomic E-state index is 10.4. The average Bonchev–Trinajstić information content (AvgIpc) is 2.12. The molecule has 0 saturated carbocycles. The van der Waals surface area contributed by atoms with E-state index in [9.17, 15) is 9.59 Å². The molecule has 0 spiro atoms. The fourth-order valence-corrected chi connectivity index (χ4v) is 0.527. The summed E-state index contributed by atoms with van der Waals surface area (Å²) in [6, 6.07) is 0. The maximum atomic E-state index is 10.4. The van der Waals surface area contributed by atoms with E-state index >= 15 is 0 Å². The first kappa shape index (κ1) is 5.87. The Morgan fingerprint density at radius 1 is 1.78 bits per heavy atom. The lowest BCUT2D eigenvalue weighted by atomic mass is 10.5. The van der Waals surface area contributed by atoms with E-state index in [0.717, 1.165) is 4.10 Å². The van der Waals surface area contributed by atoms with Crippen molar-refractivity contribution in [3.63, 3.8) is 0 Å². The maximum Gasteiger partial charge on any atom is 0.410 e. The number of hydrogen-bond acceptors (Lipinski definition) is 4. The van der Waals surface area contributed by atoms with Crippen LogP contribution in [0.5, 0.6) is 0 Å². The number of rotatable bonds is 0. The molecular formula is C3HN3O2S. The molecule has 1 aliphatic rings. The van der Waals surface area contributed by atoms with Crippen LogP contribution in [0.3, 0.4) is 0 Å². The largest absolute Gasteiger partial charge is 0.526 e. The summed E-state index contributed by atoms with van der Waals surface area (Å²) < 4.78 is 0.718. The lowest BCUT2D eigenvalue weighted by Gasteiger charge is -1.90. The van der Waals surface area contributed by atoms with E-state index in [2.05, 4.69) is 18.0 Å². The van der Waals surface area contributed by atoms with Gasteiger partial charge < -0.3 is 12.8 Å². The molecule has 1 aliphatic heterocycles. The molecule has 0 aliphatic carbocycles. The van der Waals surface area contributed by atoms with Gasteiger partial charge in [-0.15, -0.1) is 5.43 Å². The van der Waals surface area contributed by atoms with Gasteiger partial charge in [-0.05, 0) is 0 Å². The third-order valence-corrected chi connectivity index (χ3v) is 1.01. The second kappa shape index (κ2) is 1.93. The summed E-state index contributed by atoms with van der Waals surface area (Å²) in [4.78, 5) is 20.2. The molecule has 0 unspecified atom stereocenters. The highest BCUT2D eigenvalue weighted by Gasteiger charge is 2.24. The molecular weight excluding hydrogens is 142 g/mol. The van der Waals surface area contributed by atoms with E-state index in [0.29, 0.717) is 0 Å². The van der Waals surface area contributed by atoms with Crippen LogP contribution in [0.15, 0.2) is 10.9 Å². The van der Waals surface area contributed by atoms with Crippen molar-refractivity contribution >= 4 is 24.7 Å². The van der Waals surface area contributed by atoms with E-state index in [-0.39, 0.29) is 5.70 Å². The van der Waals surface area contributed by atoms with Gasteiger partial charge >= 0.3 is 11.6 Å². The number of hydrogen-bond donors (Lipinski definition) is 1. The van der Waals surface area contributed by atoms with E-state index in [4.69, 9.17) is 0 Å². The van der Waals surface area contributed by atoms with Crippen LogP contribution in [0.25, 0.3) is 0 Å². The van der Waals surface area contributed by atoms with E-state index in [1.807, 2.05) is 5.43 Å². The summed E-state index contributed by atoms with van der Waals surface area (Å²) in [5.41, 5.74) is 1.71. The zero-order valence-electron chi connectivity index (χ0n) is 4.12. The predicted molar refractivity (Wildman–Crippen MR) is 27.4 cm³/mol. The van der Waals surface area contributed by atoms with Gasteiger partial charge in [0.05, 0.1) is 5.22 Å². The molecule has 6 heteroatoms. The Morgan fingerprint density at radius 2 is 2.44 bits per heavy atom. The van der Waals surface area contributed by atoms with Gasteiger partial charge in [0.2, 0.25) is 0 Å². The van der Waals surface area contributed by atoms with E-state index in [1.54, 1.807) is 0 Å². The SMILES string of the molecule is O=C=C1C(=O)NN=[N+]1[S-]. The quantitative estimate of drug-likeness (QED) is 0.198. The number of carbonyl (C=O) groups is 1. The molecule has 46 valence electrons. The van der Waals surface area contributed by atoms with Gasteiger partial charge in [0, 0.05) is 0 Å². The molecule has 0 atom stereocenters. The molecule has 0 aromatic carbocycles. The highest BCUT2D eigenvalue weighted by molar-refractivity contribution is 7.51. The summed E-state index contributed by atoms with van der Waals surface area (Å²) in [5, 5.41) is 3.22. The highest BCUT2D eigenvalue weighted by Crippen LogP contribution is 1.96. The zero-order chi connectivity index (χ0) is 6.85. The second-order valence-electron chi connectivity index (χ2n) is 1.26. The van der Waals surface area contributed by atoms with Gasteiger partial charge in [-0.2, -0.15) is 0 Å². The van der Waals surface area contributed by atoms with Gasteiger partial charge in [-0.3, -0.25) is 0 Å². The summed E-state index contributed by atoms with van der Waals surface area (Å²) >= 11 is 4.38. The van der Waals surface area contributed by atoms with E-state index < -0.39 is 5.91 Å². The Kier molecular flexibility index (Phi) is 1.26. The minimum Gasteiger partial charge on any atom is -0.526 e.